The highest BCUT2D eigenvalue weighted by atomic mass is 16.2. The number of aromatic nitrogens is 2. The van der Waals surface area contributed by atoms with E-state index in [1.165, 1.54) is 0 Å². The maximum atomic E-state index is 12.4. The maximum absolute atomic E-state index is 12.4. The van der Waals surface area contributed by atoms with Crippen molar-refractivity contribution in [2.24, 2.45) is 0 Å². The Morgan fingerprint density at radius 2 is 1.83 bits per heavy atom. The second-order valence-corrected chi connectivity index (χ2v) is 5.95. The molecule has 3 rings (SSSR count). The third-order valence-electron chi connectivity index (χ3n) is 4.44. The van der Waals surface area contributed by atoms with Gasteiger partial charge in [0.05, 0.1) is 10.9 Å². The topological polar surface area (TPSA) is 56.0 Å². The number of hydrogen-bond acceptors (Lipinski definition) is 2. The second-order valence-electron chi connectivity index (χ2n) is 5.95. The van der Waals surface area contributed by atoms with Crippen LogP contribution in [0.1, 0.15) is 18.1 Å². The predicted octanol–water partition coefficient (Wildman–Crippen LogP) is 3.08. The first-order valence-corrected chi connectivity index (χ1v) is 8.05. The van der Waals surface area contributed by atoms with Gasteiger partial charge in [0.2, 0.25) is 5.91 Å². The van der Waals surface area contributed by atoms with Gasteiger partial charge in [-0.3, -0.25) is 9.59 Å². The van der Waals surface area contributed by atoms with Crippen molar-refractivity contribution in [2.75, 3.05) is 5.32 Å². The number of nitrogens with zero attached hydrogens (tertiary/aromatic N) is 2. The van der Waals surface area contributed by atoms with E-state index in [9.17, 15) is 9.59 Å². The fraction of sp³-hybridized carbons (Fsp3) is 0.263. The van der Waals surface area contributed by atoms with Gasteiger partial charge in [-0.2, -0.15) is 0 Å². The zero-order valence-electron chi connectivity index (χ0n) is 14.2. The number of anilines is 1. The summed E-state index contributed by atoms with van der Waals surface area (Å²) in [5.41, 5.74) is 3.78. The molecule has 0 aliphatic carbocycles. The molecule has 3 aromatic rings. The van der Waals surface area contributed by atoms with E-state index in [-0.39, 0.29) is 18.0 Å². The van der Waals surface area contributed by atoms with Gasteiger partial charge in [-0.1, -0.05) is 12.1 Å². The molecule has 24 heavy (non-hydrogen) atoms. The van der Waals surface area contributed by atoms with Crippen LogP contribution in [0.3, 0.4) is 0 Å². The maximum Gasteiger partial charge on any atom is 0.259 e. The summed E-state index contributed by atoms with van der Waals surface area (Å²) in [5, 5.41) is 3.59. The van der Waals surface area contributed by atoms with Gasteiger partial charge in [0.15, 0.2) is 0 Å². The van der Waals surface area contributed by atoms with Gasteiger partial charge < -0.3 is 14.5 Å². The Morgan fingerprint density at radius 3 is 2.58 bits per heavy atom. The van der Waals surface area contributed by atoms with Crippen molar-refractivity contribution in [3.63, 3.8) is 0 Å². The minimum Gasteiger partial charge on any atom is -0.338 e. The van der Waals surface area contributed by atoms with Crippen molar-refractivity contribution < 1.29 is 4.79 Å². The van der Waals surface area contributed by atoms with Crippen LogP contribution in [-0.4, -0.2) is 15.0 Å². The second kappa shape index (κ2) is 6.35. The number of hydrogen-bond donors (Lipinski definition) is 1. The molecule has 0 aliphatic heterocycles. The molecule has 0 bridgehead atoms. The van der Waals surface area contributed by atoms with Crippen LogP contribution >= 0.6 is 0 Å². The summed E-state index contributed by atoms with van der Waals surface area (Å²) in [4.78, 5) is 24.7. The molecule has 5 nitrogen and oxygen atoms in total. The molecule has 0 spiro atoms. The molecule has 1 aromatic carbocycles. The number of rotatable bonds is 4. The summed E-state index contributed by atoms with van der Waals surface area (Å²) in [6.45, 7) is 6.74. The van der Waals surface area contributed by atoms with Crippen molar-refractivity contribution in [3.05, 3.63) is 64.2 Å². The monoisotopic (exact) mass is 323 g/mol. The molecule has 0 atom stereocenters. The van der Waals surface area contributed by atoms with E-state index in [2.05, 4.69) is 5.32 Å². The molecule has 0 unspecified atom stereocenters. The highest BCUT2D eigenvalue weighted by Crippen LogP contribution is 2.18. The van der Waals surface area contributed by atoms with E-state index in [4.69, 9.17) is 0 Å². The number of pyridine rings is 1. The van der Waals surface area contributed by atoms with Gasteiger partial charge in [-0.05, 0) is 50.1 Å². The first kappa shape index (κ1) is 16.1. The van der Waals surface area contributed by atoms with E-state index in [0.717, 1.165) is 22.3 Å². The van der Waals surface area contributed by atoms with Gasteiger partial charge in [-0.25, -0.2) is 0 Å². The van der Waals surface area contributed by atoms with Crippen molar-refractivity contribution in [2.45, 2.75) is 33.9 Å². The van der Waals surface area contributed by atoms with Crippen molar-refractivity contribution in [1.82, 2.24) is 9.13 Å². The van der Waals surface area contributed by atoms with Crippen LogP contribution in [0.2, 0.25) is 0 Å². The number of fused-ring (bicyclic) bond motifs is 1. The lowest BCUT2D eigenvalue weighted by Gasteiger charge is -2.11. The van der Waals surface area contributed by atoms with E-state index < -0.39 is 0 Å². The van der Waals surface area contributed by atoms with Crippen LogP contribution in [-0.2, 0) is 17.9 Å². The molecule has 0 saturated carbocycles. The Hall–Kier alpha value is -2.82. The largest absolute Gasteiger partial charge is 0.338 e. The number of benzene rings is 1. The molecule has 0 aliphatic rings. The molecular weight excluding hydrogens is 302 g/mol. The van der Waals surface area contributed by atoms with E-state index in [0.29, 0.717) is 11.9 Å². The summed E-state index contributed by atoms with van der Waals surface area (Å²) in [6, 6.07) is 9.49. The van der Waals surface area contributed by atoms with Gasteiger partial charge in [0, 0.05) is 24.6 Å². The van der Waals surface area contributed by atoms with Crippen LogP contribution in [0.4, 0.5) is 5.69 Å². The van der Waals surface area contributed by atoms with Gasteiger partial charge in [0.1, 0.15) is 6.54 Å². The first-order chi connectivity index (χ1) is 11.5. The SMILES string of the molecule is CCn1ccc2c(ccn2CC(=O)Nc2cccc(C)c2C)c1=O. The molecule has 5 heteroatoms. The van der Waals surface area contributed by atoms with Crippen molar-refractivity contribution >= 4 is 22.5 Å². The highest BCUT2D eigenvalue weighted by Gasteiger charge is 2.11. The van der Waals surface area contributed by atoms with Gasteiger partial charge >= 0.3 is 0 Å². The Labute approximate surface area is 140 Å². The third kappa shape index (κ3) is 2.85. The van der Waals surface area contributed by atoms with Gasteiger partial charge in [-0.15, -0.1) is 0 Å². The lowest BCUT2D eigenvalue weighted by atomic mass is 10.1. The first-order valence-electron chi connectivity index (χ1n) is 8.05. The average molecular weight is 323 g/mol. The number of nitrogens with one attached hydrogen (secondary N) is 1. The van der Waals surface area contributed by atoms with Crippen LogP contribution < -0.4 is 10.9 Å². The average Bonchev–Trinajstić information content (AvgIpc) is 2.96. The molecule has 1 N–H and O–H groups in total. The fourth-order valence-corrected chi connectivity index (χ4v) is 2.85. The van der Waals surface area contributed by atoms with Crippen LogP contribution in [0.15, 0.2) is 47.5 Å². The molecule has 2 aromatic heterocycles. The Balaban J connectivity index is 1.85. The molecule has 1 amide bonds. The van der Waals surface area contributed by atoms with Crippen LogP contribution in [0, 0.1) is 13.8 Å². The minimum atomic E-state index is -0.110. The molecule has 0 radical (unpaired) electrons. The number of carbonyl (C=O) groups excluding carboxylic acids is 1. The van der Waals surface area contributed by atoms with Crippen molar-refractivity contribution in [3.8, 4) is 0 Å². The standard InChI is InChI=1S/C19H21N3O2/c1-4-21-11-9-17-15(19(21)24)8-10-22(17)12-18(23)20-16-7-5-6-13(2)14(16)3/h5-11H,4,12H2,1-3H3,(H,20,23). The zero-order valence-corrected chi connectivity index (χ0v) is 14.2. The molecule has 2 heterocycles. The Kier molecular flexibility index (Phi) is 4.25. The Bertz CT molecular complexity index is 966. The highest BCUT2D eigenvalue weighted by molar-refractivity contribution is 5.92. The molecule has 0 fully saturated rings. The normalized spacial score (nSPS) is 11.0. The lowest BCUT2D eigenvalue weighted by molar-refractivity contribution is -0.116. The summed E-state index contributed by atoms with van der Waals surface area (Å²) in [6.07, 6.45) is 3.55. The molecular formula is C19H21N3O2. The third-order valence-corrected chi connectivity index (χ3v) is 4.44. The number of carbonyl (C=O) groups is 1. The van der Waals surface area contributed by atoms with Crippen LogP contribution in [0.25, 0.3) is 10.9 Å². The van der Waals surface area contributed by atoms with E-state index >= 15 is 0 Å². The van der Waals surface area contributed by atoms with E-state index in [1.54, 1.807) is 27.6 Å². The Morgan fingerprint density at radius 1 is 1.08 bits per heavy atom. The lowest BCUT2D eigenvalue weighted by Crippen LogP contribution is -2.20. The quantitative estimate of drug-likeness (QED) is 0.802. The van der Waals surface area contributed by atoms with Crippen molar-refractivity contribution in [1.29, 1.82) is 0 Å². The molecule has 0 saturated heterocycles. The minimum absolute atomic E-state index is 0.0244. The predicted molar refractivity (Wildman–Crippen MR) is 96.4 cm³/mol. The van der Waals surface area contributed by atoms with E-state index in [1.807, 2.05) is 45.0 Å². The zero-order chi connectivity index (χ0) is 17.3. The van der Waals surface area contributed by atoms with Crippen LogP contribution in [0.5, 0.6) is 0 Å². The summed E-state index contributed by atoms with van der Waals surface area (Å²) in [5.74, 6) is -0.110. The molecule has 124 valence electrons. The number of amides is 1. The smallest absolute Gasteiger partial charge is 0.259 e. The fourth-order valence-electron chi connectivity index (χ4n) is 2.85. The summed E-state index contributed by atoms with van der Waals surface area (Å²) in [7, 11) is 0. The summed E-state index contributed by atoms with van der Waals surface area (Å²) < 4.78 is 3.46. The summed E-state index contributed by atoms with van der Waals surface area (Å²) >= 11 is 0. The van der Waals surface area contributed by atoms with Gasteiger partial charge in [0.25, 0.3) is 5.56 Å². The number of aryl methyl sites for hydroxylation is 2.